The molecule has 0 saturated heterocycles. The highest BCUT2D eigenvalue weighted by molar-refractivity contribution is 5.91. The van der Waals surface area contributed by atoms with Gasteiger partial charge in [-0.3, -0.25) is 0 Å². The fraction of sp³-hybridized carbons (Fsp3) is 0.500. The van der Waals surface area contributed by atoms with Crippen LogP contribution >= 0.6 is 0 Å². The van der Waals surface area contributed by atoms with Gasteiger partial charge in [-0.2, -0.15) is 0 Å². The zero-order valence-corrected chi connectivity index (χ0v) is 10.5. The number of nitrogen functional groups attached to an aromatic ring is 1. The predicted molar refractivity (Wildman–Crippen MR) is 67.8 cm³/mol. The van der Waals surface area contributed by atoms with E-state index in [4.69, 9.17) is 10.5 Å². The molecule has 4 heteroatoms. The highest BCUT2D eigenvalue weighted by Crippen LogP contribution is 2.23. The number of aryl methyl sites for hydroxylation is 1. The zero-order chi connectivity index (χ0) is 13.1. The van der Waals surface area contributed by atoms with Gasteiger partial charge in [-0.05, 0) is 50.3 Å². The number of hydrogen-bond donors (Lipinski definition) is 1. The van der Waals surface area contributed by atoms with Crippen molar-refractivity contribution in [3.63, 3.8) is 0 Å². The molecular formula is C14H18FNO2. The Bertz CT molecular complexity index is 453. The van der Waals surface area contributed by atoms with Gasteiger partial charge in [0.1, 0.15) is 11.9 Å². The molecule has 1 aliphatic carbocycles. The van der Waals surface area contributed by atoms with Crippen molar-refractivity contribution in [1.82, 2.24) is 0 Å². The van der Waals surface area contributed by atoms with Crippen molar-refractivity contribution in [1.29, 1.82) is 0 Å². The third kappa shape index (κ3) is 2.81. The minimum absolute atomic E-state index is 0.0573. The number of halogens is 1. The van der Waals surface area contributed by atoms with E-state index < -0.39 is 11.8 Å². The molecule has 0 atom stereocenters. The van der Waals surface area contributed by atoms with Gasteiger partial charge in [-0.15, -0.1) is 0 Å². The van der Waals surface area contributed by atoms with Crippen LogP contribution in [0.15, 0.2) is 12.1 Å². The van der Waals surface area contributed by atoms with E-state index in [0.29, 0.717) is 11.3 Å². The number of esters is 1. The van der Waals surface area contributed by atoms with Crippen LogP contribution in [0.25, 0.3) is 0 Å². The Morgan fingerprint density at radius 2 is 2.00 bits per heavy atom. The lowest BCUT2D eigenvalue weighted by molar-refractivity contribution is 0.0206. The molecule has 98 valence electrons. The van der Waals surface area contributed by atoms with Crippen LogP contribution in [0.4, 0.5) is 10.1 Å². The van der Waals surface area contributed by atoms with Gasteiger partial charge in [0.25, 0.3) is 0 Å². The topological polar surface area (TPSA) is 52.3 Å². The number of nitrogens with two attached hydrogens (primary N) is 1. The molecule has 0 aliphatic heterocycles. The van der Waals surface area contributed by atoms with Gasteiger partial charge in [0.05, 0.1) is 5.56 Å². The first kappa shape index (κ1) is 12.9. The fourth-order valence-electron chi connectivity index (χ4n) is 2.34. The average Bonchev–Trinajstić information content (AvgIpc) is 2.35. The Balaban J connectivity index is 2.13. The summed E-state index contributed by atoms with van der Waals surface area (Å²) >= 11 is 0. The van der Waals surface area contributed by atoms with Gasteiger partial charge in [-0.25, -0.2) is 9.18 Å². The van der Waals surface area contributed by atoms with Crippen molar-refractivity contribution < 1.29 is 13.9 Å². The summed E-state index contributed by atoms with van der Waals surface area (Å²) in [6.45, 7) is 1.59. The SMILES string of the molecule is Cc1cc(N)cc(C(=O)OC2CCCCC2)c1F. The second-order valence-corrected chi connectivity index (χ2v) is 4.86. The van der Waals surface area contributed by atoms with Crippen LogP contribution in [-0.4, -0.2) is 12.1 Å². The molecule has 18 heavy (non-hydrogen) atoms. The van der Waals surface area contributed by atoms with Crippen molar-refractivity contribution in [2.45, 2.75) is 45.1 Å². The van der Waals surface area contributed by atoms with Gasteiger partial charge in [0, 0.05) is 5.69 Å². The van der Waals surface area contributed by atoms with E-state index in [1.165, 1.54) is 18.6 Å². The molecule has 1 aliphatic rings. The Morgan fingerprint density at radius 3 is 2.67 bits per heavy atom. The van der Waals surface area contributed by atoms with Crippen LogP contribution in [0.5, 0.6) is 0 Å². The predicted octanol–water partition coefficient (Wildman–Crippen LogP) is 3.21. The fourth-order valence-corrected chi connectivity index (χ4v) is 2.34. The van der Waals surface area contributed by atoms with Crippen molar-refractivity contribution in [3.8, 4) is 0 Å². The molecule has 1 aromatic carbocycles. The minimum atomic E-state index is -0.602. The second kappa shape index (κ2) is 5.38. The summed E-state index contributed by atoms with van der Waals surface area (Å²) in [5.41, 5.74) is 6.31. The van der Waals surface area contributed by atoms with Crippen molar-refractivity contribution in [2.24, 2.45) is 0 Å². The molecule has 0 unspecified atom stereocenters. The molecule has 2 rings (SSSR count). The Labute approximate surface area is 106 Å². The summed E-state index contributed by atoms with van der Waals surface area (Å²) in [6.07, 6.45) is 4.97. The summed E-state index contributed by atoms with van der Waals surface area (Å²) in [5, 5.41) is 0. The van der Waals surface area contributed by atoms with E-state index in [2.05, 4.69) is 0 Å². The molecule has 1 fully saturated rings. The van der Waals surface area contributed by atoms with Gasteiger partial charge in [0.15, 0.2) is 0 Å². The Morgan fingerprint density at radius 1 is 1.33 bits per heavy atom. The Kier molecular flexibility index (Phi) is 3.84. The molecule has 1 aromatic rings. The minimum Gasteiger partial charge on any atom is -0.459 e. The number of hydrogen-bond acceptors (Lipinski definition) is 3. The van der Waals surface area contributed by atoms with Crippen LogP contribution in [0.2, 0.25) is 0 Å². The molecule has 0 radical (unpaired) electrons. The molecule has 0 aromatic heterocycles. The van der Waals surface area contributed by atoms with E-state index >= 15 is 0 Å². The van der Waals surface area contributed by atoms with Gasteiger partial charge in [0.2, 0.25) is 0 Å². The van der Waals surface area contributed by atoms with E-state index in [-0.39, 0.29) is 11.7 Å². The first-order valence-electron chi connectivity index (χ1n) is 6.34. The lowest BCUT2D eigenvalue weighted by Gasteiger charge is -2.22. The highest BCUT2D eigenvalue weighted by atomic mass is 19.1. The van der Waals surface area contributed by atoms with Crippen LogP contribution in [-0.2, 0) is 4.74 Å². The summed E-state index contributed by atoms with van der Waals surface area (Å²) in [7, 11) is 0. The smallest absolute Gasteiger partial charge is 0.341 e. The maximum Gasteiger partial charge on any atom is 0.341 e. The summed E-state index contributed by atoms with van der Waals surface area (Å²) in [4.78, 5) is 11.9. The molecule has 1 saturated carbocycles. The monoisotopic (exact) mass is 251 g/mol. The zero-order valence-electron chi connectivity index (χ0n) is 10.5. The van der Waals surface area contributed by atoms with E-state index in [0.717, 1.165) is 25.7 Å². The summed E-state index contributed by atoms with van der Waals surface area (Å²) in [5.74, 6) is -1.14. The normalized spacial score (nSPS) is 16.6. The van der Waals surface area contributed by atoms with Crippen molar-refractivity contribution >= 4 is 11.7 Å². The van der Waals surface area contributed by atoms with Crippen LogP contribution in [0.1, 0.15) is 48.0 Å². The average molecular weight is 251 g/mol. The number of rotatable bonds is 2. The number of carbonyl (C=O) groups is 1. The van der Waals surface area contributed by atoms with Crippen LogP contribution in [0, 0.1) is 12.7 Å². The largest absolute Gasteiger partial charge is 0.459 e. The first-order valence-corrected chi connectivity index (χ1v) is 6.34. The molecule has 0 spiro atoms. The quantitative estimate of drug-likeness (QED) is 0.648. The number of ether oxygens (including phenoxy) is 1. The molecular weight excluding hydrogens is 233 g/mol. The van der Waals surface area contributed by atoms with Gasteiger partial charge < -0.3 is 10.5 Å². The lowest BCUT2D eigenvalue weighted by Crippen LogP contribution is -2.21. The summed E-state index contributed by atoms with van der Waals surface area (Å²) in [6, 6.07) is 2.85. The van der Waals surface area contributed by atoms with Crippen LogP contribution < -0.4 is 5.73 Å². The van der Waals surface area contributed by atoms with Crippen LogP contribution in [0.3, 0.4) is 0 Å². The molecule has 0 amide bonds. The Hall–Kier alpha value is -1.58. The van der Waals surface area contributed by atoms with E-state index in [9.17, 15) is 9.18 Å². The van der Waals surface area contributed by atoms with E-state index in [1.807, 2.05) is 0 Å². The van der Waals surface area contributed by atoms with Gasteiger partial charge in [-0.1, -0.05) is 6.42 Å². The number of anilines is 1. The standard InChI is InChI=1S/C14H18FNO2/c1-9-7-10(16)8-12(13(9)15)14(17)18-11-5-3-2-4-6-11/h7-8,11H,2-6,16H2,1H3. The maximum atomic E-state index is 13.8. The molecule has 0 bridgehead atoms. The maximum absolute atomic E-state index is 13.8. The second-order valence-electron chi connectivity index (χ2n) is 4.86. The van der Waals surface area contributed by atoms with Gasteiger partial charge >= 0.3 is 5.97 Å². The molecule has 0 heterocycles. The number of carbonyl (C=O) groups excluding carboxylic acids is 1. The third-order valence-corrected chi connectivity index (χ3v) is 3.32. The van der Waals surface area contributed by atoms with E-state index in [1.54, 1.807) is 6.92 Å². The first-order chi connectivity index (χ1) is 8.58. The lowest BCUT2D eigenvalue weighted by atomic mass is 9.98. The highest BCUT2D eigenvalue weighted by Gasteiger charge is 2.21. The molecule has 3 nitrogen and oxygen atoms in total. The summed E-state index contributed by atoms with van der Waals surface area (Å²) < 4.78 is 19.2. The number of benzene rings is 1. The van der Waals surface area contributed by atoms with Crippen molar-refractivity contribution in [2.75, 3.05) is 5.73 Å². The third-order valence-electron chi connectivity index (χ3n) is 3.32. The molecule has 2 N–H and O–H groups in total. The van der Waals surface area contributed by atoms with Crippen molar-refractivity contribution in [3.05, 3.63) is 29.1 Å².